The summed E-state index contributed by atoms with van der Waals surface area (Å²) in [6, 6.07) is 15.3. The van der Waals surface area contributed by atoms with Gasteiger partial charge in [-0.25, -0.2) is 5.01 Å². The summed E-state index contributed by atoms with van der Waals surface area (Å²) < 4.78 is 0. The van der Waals surface area contributed by atoms with Crippen LogP contribution in [0.5, 0.6) is 0 Å². The van der Waals surface area contributed by atoms with Crippen molar-refractivity contribution in [1.82, 2.24) is 5.53 Å². The van der Waals surface area contributed by atoms with Crippen LogP contribution in [0.3, 0.4) is 0 Å². The number of nitrogens with one attached hydrogen (secondary N) is 1. The molecule has 2 heterocycles. The van der Waals surface area contributed by atoms with Crippen LogP contribution in [0.1, 0.15) is 5.56 Å². The van der Waals surface area contributed by atoms with Crippen molar-refractivity contribution >= 4 is 29.1 Å². The lowest BCUT2D eigenvalue weighted by molar-refractivity contribution is 0.388. The summed E-state index contributed by atoms with van der Waals surface area (Å²) in [5.41, 5.74) is 6.80. The molecular formula is C16H14ClN3O2. The highest BCUT2D eigenvalue weighted by molar-refractivity contribution is 6.30. The van der Waals surface area contributed by atoms with Gasteiger partial charge in [0.25, 0.3) is 0 Å². The standard InChI is InChI=1S/C16H12ClN3O.H2O/c17-12-6-8-13(9-7-12)19-16(21)15-10-5-11-3-1-2-4-14(11)20(15)18-19;/h1-10,18,21H;1H2. The summed E-state index contributed by atoms with van der Waals surface area (Å²) in [5.74, 6) is 0.156. The zero-order valence-corrected chi connectivity index (χ0v) is 12.2. The molecule has 0 fully saturated rings. The summed E-state index contributed by atoms with van der Waals surface area (Å²) in [4.78, 5) is 0. The molecule has 2 aliphatic heterocycles. The maximum absolute atomic E-state index is 10.4. The topological polar surface area (TPSA) is 70.2 Å². The third-order valence-electron chi connectivity index (χ3n) is 3.57. The van der Waals surface area contributed by atoms with Crippen LogP contribution >= 0.6 is 11.6 Å². The highest BCUT2D eigenvalue weighted by Gasteiger charge is 2.32. The van der Waals surface area contributed by atoms with Crippen molar-refractivity contribution in [3.63, 3.8) is 0 Å². The van der Waals surface area contributed by atoms with Gasteiger partial charge in [-0.1, -0.05) is 35.9 Å². The van der Waals surface area contributed by atoms with E-state index in [-0.39, 0.29) is 11.4 Å². The first-order valence-electron chi connectivity index (χ1n) is 6.56. The second-order valence-corrected chi connectivity index (χ2v) is 5.28. The molecule has 0 bridgehead atoms. The monoisotopic (exact) mass is 315 g/mol. The number of hydrogen-bond acceptors (Lipinski definition) is 4. The molecular weight excluding hydrogens is 302 g/mol. The van der Waals surface area contributed by atoms with Crippen molar-refractivity contribution in [2.75, 3.05) is 10.0 Å². The number of rotatable bonds is 1. The Morgan fingerprint density at radius 3 is 2.41 bits per heavy atom. The Hall–Kier alpha value is -2.47. The van der Waals surface area contributed by atoms with Gasteiger partial charge in [-0.15, -0.1) is 5.53 Å². The third-order valence-corrected chi connectivity index (χ3v) is 3.82. The number of allylic oxidation sites excluding steroid dienone is 1. The van der Waals surface area contributed by atoms with Crippen molar-refractivity contribution in [1.29, 1.82) is 0 Å². The molecule has 2 aliphatic rings. The molecule has 22 heavy (non-hydrogen) atoms. The first-order valence-corrected chi connectivity index (χ1v) is 6.94. The number of hydrazine groups is 2. The van der Waals surface area contributed by atoms with Gasteiger partial charge in [-0.2, -0.15) is 0 Å². The van der Waals surface area contributed by atoms with Crippen LogP contribution < -0.4 is 15.6 Å². The first kappa shape index (κ1) is 14.5. The average molecular weight is 316 g/mol. The van der Waals surface area contributed by atoms with Crippen molar-refractivity contribution < 1.29 is 10.6 Å². The van der Waals surface area contributed by atoms with E-state index in [2.05, 4.69) is 5.53 Å². The van der Waals surface area contributed by atoms with E-state index in [1.54, 1.807) is 17.1 Å². The van der Waals surface area contributed by atoms with Crippen molar-refractivity contribution in [2.24, 2.45) is 0 Å². The smallest absolute Gasteiger partial charge is 0.234 e. The molecule has 0 unspecified atom stereocenters. The first-order chi connectivity index (χ1) is 10.2. The van der Waals surface area contributed by atoms with Gasteiger partial charge in [0.05, 0.1) is 11.4 Å². The number of aliphatic hydroxyl groups excluding tert-OH is 1. The second-order valence-electron chi connectivity index (χ2n) is 4.85. The zero-order valence-electron chi connectivity index (χ0n) is 11.5. The minimum absolute atomic E-state index is 0. The molecule has 2 aromatic carbocycles. The van der Waals surface area contributed by atoms with E-state index >= 15 is 0 Å². The van der Waals surface area contributed by atoms with Crippen molar-refractivity contribution in [3.8, 4) is 0 Å². The lowest BCUT2D eigenvalue weighted by Gasteiger charge is -2.26. The SMILES string of the molecule is O.OC1=C2C=Cc3ccccc3N2NN1c1ccc(Cl)cc1. The molecule has 2 aromatic rings. The molecule has 0 atom stereocenters. The van der Waals surface area contributed by atoms with Gasteiger partial charge in [0.1, 0.15) is 5.70 Å². The number of nitrogens with zero attached hydrogens (tertiary/aromatic N) is 2. The van der Waals surface area contributed by atoms with Crippen LogP contribution in [0.2, 0.25) is 5.02 Å². The molecule has 0 radical (unpaired) electrons. The highest BCUT2D eigenvalue weighted by atomic mass is 35.5. The van der Waals surface area contributed by atoms with Crippen LogP contribution in [-0.2, 0) is 0 Å². The van der Waals surface area contributed by atoms with Gasteiger partial charge in [-0.05, 0) is 42.0 Å². The van der Waals surface area contributed by atoms with Crippen LogP contribution in [0, 0.1) is 0 Å². The van der Waals surface area contributed by atoms with Crippen LogP contribution in [0.15, 0.2) is 66.2 Å². The molecule has 0 saturated heterocycles. The Morgan fingerprint density at radius 1 is 0.909 bits per heavy atom. The minimum Gasteiger partial charge on any atom is -0.492 e. The number of fused-ring (bicyclic) bond motifs is 3. The van der Waals surface area contributed by atoms with E-state index in [1.807, 2.05) is 53.6 Å². The molecule has 4 rings (SSSR count). The second kappa shape index (κ2) is 5.38. The molecule has 0 spiro atoms. The Kier molecular flexibility index (Phi) is 3.54. The highest BCUT2D eigenvalue weighted by Crippen LogP contribution is 2.35. The number of para-hydroxylation sites is 1. The van der Waals surface area contributed by atoms with E-state index in [0.717, 1.165) is 16.9 Å². The lowest BCUT2D eigenvalue weighted by atomic mass is 10.1. The van der Waals surface area contributed by atoms with Gasteiger partial charge in [0, 0.05) is 5.02 Å². The average Bonchev–Trinajstić information content (AvgIpc) is 2.86. The number of benzene rings is 2. The Balaban J connectivity index is 0.00000144. The number of halogens is 1. The van der Waals surface area contributed by atoms with E-state index in [0.29, 0.717) is 10.7 Å². The molecule has 4 N–H and O–H groups in total. The zero-order chi connectivity index (χ0) is 14.4. The van der Waals surface area contributed by atoms with Gasteiger partial charge >= 0.3 is 0 Å². The Bertz CT molecular complexity index is 771. The van der Waals surface area contributed by atoms with Gasteiger partial charge in [-0.3, -0.25) is 5.01 Å². The lowest BCUT2D eigenvalue weighted by Crippen LogP contribution is -2.42. The van der Waals surface area contributed by atoms with Crippen LogP contribution in [0.25, 0.3) is 6.08 Å². The molecule has 0 aromatic heterocycles. The van der Waals surface area contributed by atoms with Crippen LogP contribution in [0.4, 0.5) is 11.4 Å². The number of aliphatic hydroxyl groups is 1. The molecule has 0 saturated carbocycles. The number of anilines is 2. The van der Waals surface area contributed by atoms with E-state index in [1.165, 1.54) is 0 Å². The maximum Gasteiger partial charge on any atom is 0.234 e. The fourth-order valence-electron chi connectivity index (χ4n) is 2.52. The minimum atomic E-state index is 0. The quantitative estimate of drug-likeness (QED) is 0.848. The van der Waals surface area contributed by atoms with Crippen molar-refractivity contribution in [3.05, 3.63) is 76.8 Å². The predicted molar refractivity (Wildman–Crippen MR) is 88.3 cm³/mol. The largest absolute Gasteiger partial charge is 0.492 e. The van der Waals surface area contributed by atoms with Gasteiger partial charge < -0.3 is 10.6 Å². The Labute approximate surface area is 132 Å². The summed E-state index contributed by atoms with van der Waals surface area (Å²) >= 11 is 5.91. The van der Waals surface area contributed by atoms with E-state index < -0.39 is 0 Å². The number of hydrogen-bond donors (Lipinski definition) is 2. The molecule has 5 nitrogen and oxygen atoms in total. The molecule has 0 amide bonds. The van der Waals surface area contributed by atoms with Crippen molar-refractivity contribution in [2.45, 2.75) is 0 Å². The van der Waals surface area contributed by atoms with Gasteiger partial charge in [0.2, 0.25) is 5.88 Å². The van der Waals surface area contributed by atoms with Gasteiger partial charge in [0.15, 0.2) is 0 Å². The summed E-state index contributed by atoms with van der Waals surface area (Å²) in [5, 5.41) is 14.6. The summed E-state index contributed by atoms with van der Waals surface area (Å²) in [7, 11) is 0. The summed E-state index contributed by atoms with van der Waals surface area (Å²) in [6.07, 6.45) is 3.88. The normalized spacial score (nSPS) is 15.5. The summed E-state index contributed by atoms with van der Waals surface area (Å²) in [6.45, 7) is 0. The molecule has 0 aliphatic carbocycles. The predicted octanol–water partition coefficient (Wildman–Crippen LogP) is 3.02. The van der Waals surface area contributed by atoms with E-state index in [9.17, 15) is 5.11 Å². The maximum atomic E-state index is 10.4. The third kappa shape index (κ3) is 2.12. The molecule has 6 heteroatoms. The fraction of sp³-hybridized carbons (Fsp3) is 0. The van der Waals surface area contributed by atoms with Crippen LogP contribution in [-0.4, -0.2) is 10.6 Å². The van der Waals surface area contributed by atoms with E-state index in [4.69, 9.17) is 11.6 Å². The fourth-order valence-corrected chi connectivity index (χ4v) is 2.65. The molecule has 112 valence electrons. The Morgan fingerprint density at radius 2 is 1.64 bits per heavy atom.